The van der Waals surface area contributed by atoms with Crippen LogP contribution in [-0.2, 0) is 14.4 Å². The van der Waals surface area contributed by atoms with Crippen molar-refractivity contribution in [2.75, 3.05) is 25.5 Å². The molecule has 1 aliphatic carbocycles. The Morgan fingerprint density at radius 3 is 2.30 bits per heavy atom. The van der Waals surface area contributed by atoms with Gasteiger partial charge in [-0.1, -0.05) is 18.2 Å². The van der Waals surface area contributed by atoms with Gasteiger partial charge in [0.15, 0.2) is 0 Å². The van der Waals surface area contributed by atoms with Crippen LogP contribution in [0.3, 0.4) is 0 Å². The molecule has 1 aromatic rings. The fourth-order valence-electron chi connectivity index (χ4n) is 3.33. The summed E-state index contributed by atoms with van der Waals surface area (Å²) in [4.78, 5) is 51.8. The summed E-state index contributed by atoms with van der Waals surface area (Å²) in [5.74, 6) is -2.51. The van der Waals surface area contributed by atoms with Crippen LogP contribution in [0.15, 0.2) is 36.4 Å². The predicted molar refractivity (Wildman–Crippen MR) is 98.5 cm³/mol. The van der Waals surface area contributed by atoms with Gasteiger partial charge in [0.25, 0.3) is 11.8 Å². The molecule has 3 rings (SSSR count). The van der Waals surface area contributed by atoms with E-state index in [1.807, 2.05) is 37.2 Å². The van der Waals surface area contributed by atoms with Gasteiger partial charge in [-0.15, -0.1) is 0 Å². The van der Waals surface area contributed by atoms with Gasteiger partial charge >= 0.3 is 0 Å². The van der Waals surface area contributed by atoms with Gasteiger partial charge in [-0.05, 0) is 31.0 Å². The normalized spacial score (nSPS) is 21.0. The zero-order valence-corrected chi connectivity index (χ0v) is 15.3. The van der Waals surface area contributed by atoms with E-state index in [4.69, 9.17) is 0 Å². The number of carbonyl (C=O) groups excluding carboxylic acids is 4. The topological polar surface area (TPSA) is 98.8 Å². The summed E-state index contributed by atoms with van der Waals surface area (Å²) in [6, 6.07) is 6.91. The van der Waals surface area contributed by atoms with Gasteiger partial charge in [-0.25, -0.2) is 0 Å². The first-order valence-corrected chi connectivity index (χ1v) is 8.75. The van der Waals surface area contributed by atoms with Gasteiger partial charge in [0.05, 0.1) is 11.8 Å². The number of imide groups is 1. The molecular weight excluding hydrogens is 348 g/mol. The van der Waals surface area contributed by atoms with Gasteiger partial charge < -0.3 is 4.90 Å². The van der Waals surface area contributed by atoms with E-state index in [1.165, 1.54) is 0 Å². The predicted octanol–water partition coefficient (Wildman–Crippen LogP) is 0.465. The van der Waals surface area contributed by atoms with Crippen LogP contribution in [0.5, 0.6) is 0 Å². The molecule has 0 aromatic heterocycles. The molecule has 1 saturated heterocycles. The number of hydrogen-bond acceptors (Lipinski definition) is 5. The lowest BCUT2D eigenvalue weighted by atomic mass is 9.85. The van der Waals surface area contributed by atoms with Crippen LogP contribution in [0.2, 0.25) is 0 Å². The van der Waals surface area contributed by atoms with E-state index >= 15 is 0 Å². The minimum Gasteiger partial charge on any atom is -0.378 e. The van der Waals surface area contributed by atoms with E-state index in [1.54, 1.807) is 18.2 Å². The second kappa shape index (κ2) is 7.61. The summed E-state index contributed by atoms with van der Waals surface area (Å²) >= 11 is 0. The molecule has 8 nitrogen and oxygen atoms in total. The minimum absolute atomic E-state index is 0.325. The van der Waals surface area contributed by atoms with Gasteiger partial charge in [-0.3, -0.25) is 34.9 Å². The van der Waals surface area contributed by atoms with Crippen LogP contribution in [0.25, 0.3) is 0 Å². The Kier molecular flexibility index (Phi) is 5.25. The summed E-state index contributed by atoms with van der Waals surface area (Å²) in [5.41, 5.74) is 5.80. The SMILES string of the molecule is CN(C)c1cccc(C(=O)NNC(=O)CN2C(=O)[C@H]3CC=CC[C@@H]3C2=O)c1. The number of rotatable bonds is 4. The highest BCUT2D eigenvalue weighted by molar-refractivity contribution is 6.07. The number of benzene rings is 1. The molecule has 142 valence electrons. The Morgan fingerprint density at radius 2 is 1.70 bits per heavy atom. The summed E-state index contributed by atoms with van der Waals surface area (Å²) in [5, 5.41) is 0. The number of nitrogens with one attached hydrogen (secondary N) is 2. The second-order valence-electron chi connectivity index (χ2n) is 6.87. The molecule has 1 aromatic carbocycles. The Morgan fingerprint density at radius 1 is 1.07 bits per heavy atom. The molecule has 2 N–H and O–H groups in total. The van der Waals surface area contributed by atoms with E-state index in [-0.39, 0.29) is 23.7 Å². The van der Waals surface area contributed by atoms with E-state index in [0.717, 1.165) is 10.6 Å². The molecular formula is C19H22N4O4. The number of carbonyl (C=O) groups is 4. The molecule has 1 fully saturated rings. The molecule has 1 heterocycles. The molecule has 1 aliphatic heterocycles. The Hall–Kier alpha value is -3.16. The molecule has 4 amide bonds. The van der Waals surface area contributed by atoms with Crippen LogP contribution < -0.4 is 15.8 Å². The van der Waals surface area contributed by atoms with Gasteiger partial charge in [0.1, 0.15) is 6.54 Å². The van der Waals surface area contributed by atoms with Crippen molar-refractivity contribution in [1.29, 1.82) is 0 Å². The van der Waals surface area contributed by atoms with Crippen molar-refractivity contribution in [3.8, 4) is 0 Å². The van der Waals surface area contributed by atoms with Crippen molar-refractivity contribution >= 4 is 29.3 Å². The van der Waals surface area contributed by atoms with Crippen LogP contribution >= 0.6 is 0 Å². The maximum atomic E-state index is 12.3. The smallest absolute Gasteiger partial charge is 0.269 e. The molecule has 2 aliphatic rings. The largest absolute Gasteiger partial charge is 0.378 e. The highest BCUT2D eigenvalue weighted by Gasteiger charge is 2.47. The first kappa shape index (κ1) is 18.6. The van der Waals surface area contributed by atoms with Gasteiger partial charge in [-0.2, -0.15) is 0 Å². The zero-order valence-electron chi connectivity index (χ0n) is 15.3. The molecule has 0 bridgehead atoms. The summed E-state index contributed by atoms with van der Waals surface area (Å²) in [7, 11) is 3.71. The number of likely N-dealkylation sites (tertiary alicyclic amines) is 1. The monoisotopic (exact) mass is 370 g/mol. The van der Waals surface area contributed by atoms with Crippen molar-refractivity contribution in [3.05, 3.63) is 42.0 Å². The van der Waals surface area contributed by atoms with Crippen LogP contribution in [0.4, 0.5) is 5.69 Å². The standard InChI is InChI=1S/C19H22N4O4/c1-22(2)13-7-5-6-12(10-13)17(25)21-20-16(24)11-23-18(26)14-8-3-4-9-15(14)19(23)27/h3-7,10,14-15H,8-9,11H2,1-2H3,(H,20,24)(H,21,25)/t14-,15-/m0/s1. The number of amides is 4. The molecule has 0 radical (unpaired) electrons. The number of allylic oxidation sites excluding steroid dienone is 2. The number of fused-ring (bicyclic) bond motifs is 1. The Balaban J connectivity index is 1.55. The van der Waals surface area contributed by atoms with Crippen molar-refractivity contribution in [2.45, 2.75) is 12.8 Å². The molecule has 0 unspecified atom stereocenters. The first-order valence-electron chi connectivity index (χ1n) is 8.75. The summed E-state index contributed by atoms with van der Waals surface area (Å²) < 4.78 is 0. The van der Waals surface area contributed by atoms with Crippen molar-refractivity contribution < 1.29 is 19.2 Å². The molecule has 2 atom stereocenters. The lowest BCUT2D eigenvalue weighted by Gasteiger charge is -2.15. The third kappa shape index (κ3) is 3.84. The maximum Gasteiger partial charge on any atom is 0.269 e. The number of nitrogens with zero attached hydrogens (tertiary/aromatic N) is 2. The van der Waals surface area contributed by atoms with E-state index < -0.39 is 18.4 Å². The zero-order chi connectivity index (χ0) is 19.6. The minimum atomic E-state index is -0.625. The molecule has 27 heavy (non-hydrogen) atoms. The molecule has 0 saturated carbocycles. The van der Waals surface area contributed by atoms with Gasteiger partial charge in [0.2, 0.25) is 11.8 Å². The van der Waals surface area contributed by atoms with Crippen LogP contribution in [0, 0.1) is 11.8 Å². The van der Waals surface area contributed by atoms with Crippen molar-refractivity contribution in [2.24, 2.45) is 11.8 Å². The fourth-order valence-corrected chi connectivity index (χ4v) is 3.33. The third-order valence-electron chi connectivity index (χ3n) is 4.84. The van der Waals surface area contributed by atoms with Crippen molar-refractivity contribution in [1.82, 2.24) is 15.8 Å². The average molecular weight is 370 g/mol. The van der Waals surface area contributed by atoms with Crippen LogP contribution in [0.1, 0.15) is 23.2 Å². The third-order valence-corrected chi connectivity index (χ3v) is 4.84. The number of anilines is 1. The Bertz CT molecular complexity index is 792. The van der Waals surface area contributed by atoms with Crippen molar-refractivity contribution in [3.63, 3.8) is 0 Å². The first-order chi connectivity index (χ1) is 12.9. The lowest BCUT2D eigenvalue weighted by Crippen LogP contribution is -2.47. The lowest BCUT2D eigenvalue weighted by molar-refractivity contribution is -0.143. The Labute approximate surface area is 157 Å². The maximum absolute atomic E-state index is 12.3. The average Bonchev–Trinajstić information content (AvgIpc) is 2.91. The quantitative estimate of drug-likeness (QED) is 0.456. The highest BCUT2D eigenvalue weighted by atomic mass is 16.2. The molecule has 8 heteroatoms. The van der Waals surface area contributed by atoms with Crippen LogP contribution in [-0.4, -0.2) is 49.2 Å². The number of hydrazine groups is 1. The molecule has 0 spiro atoms. The second-order valence-corrected chi connectivity index (χ2v) is 6.87. The summed E-state index contributed by atoms with van der Waals surface area (Å²) in [6.45, 7) is -0.400. The number of hydrogen-bond donors (Lipinski definition) is 2. The van der Waals surface area contributed by atoms with E-state index in [0.29, 0.717) is 18.4 Å². The highest BCUT2D eigenvalue weighted by Crippen LogP contribution is 2.34. The van der Waals surface area contributed by atoms with E-state index in [9.17, 15) is 19.2 Å². The van der Waals surface area contributed by atoms with E-state index in [2.05, 4.69) is 10.9 Å². The summed E-state index contributed by atoms with van der Waals surface area (Å²) in [6.07, 6.45) is 4.81. The van der Waals surface area contributed by atoms with Gasteiger partial charge in [0, 0.05) is 25.3 Å². The fraction of sp³-hybridized carbons (Fsp3) is 0.368.